The van der Waals surface area contributed by atoms with Crippen molar-refractivity contribution in [3.8, 4) is 0 Å². The summed E-state index contributed by atoms with van der Waals surface area (Å²) in [6, 6.07) is 17.6. The molecule has 2 aliphatic heterocycles. The average Bonchev–Trinajstić information content (AvgIpc) is 2.71. The van der Waals surface area contributed by atoms with Gasteiger partial charge in [0.2, 0.25) is 0 Å². The Hall–Kier alpha value is -2.13. The summed E-state index contributed by atoms with van der Waals surface area (Å²) in [5, 5.41) is 0. The first-order valence-electron chi connectivity index (χ1n) is 10.4. The maximum absolute atomic E-state index is 5.86. The van der Waals surface area contributed by atoms with E-state index in [1.807, 2.05) is 0 Å². The number of thiocarbonyl (C=S) groups is 1. The van der Waals surface area contributed by atoms with Crippen molar-refractivity contribution in [2.75, 3.05) is 18.0 Å². The zero-order valence-corrected chi connectivity index (χ0v) is 18.1. The van der Waals surface area contributed by atoms with Crippen molar-refractivity contribution >= 4 is 28.5 Å². The van der Waals surface area contributed by atoms with Crippen LogP contribution in [-0.2, 0) is 6.54 Å². The van der Waals surface area contributed by atoms with Crippen LogP contribution in [0.5, 0.6) is 0 Å². The molecule has 2 aromatic carbocycles. The molecule has 2 aromatic rings. The Morgan fingerprint density at radius 2 is 1.71 bits per heavy atom. The summed E-state index contributed by atoms with van der Waals surface area (Å²) in [7, 11) is 0. The molecule has 4 rings (SSSR count). The lowest BCUT2D eigenvalue weighted by Crippen LogP contribution is -2.44. The molecule has 0 radical (unpaired) electrons. The third kappa shape index (κ3) is 3.73. The fourth-order valence-electron chi connectivity index (χ4n) is 4.55. The Kier molecular flexibility index (Phi) is 5.29. The summed E-state index contributed by atoms with van der Waals surface area (Å²) in [5.41, 5.74) is 6.45. The highest BCUT2D eigenvalue weighted by atomic mass is 32.1. The first-order chi connectivity index (χ1) is 13.5. The summed E-state index contributed by atoms with van der Waals surface area (Å²) in [4.78, 5) is 5.90. The van der Waals surface area contributed by atoms with Gasteiger partial charge in [0.15, 0.2) is 0 Å². The Labute approximate surface area is 174 Å². The Balaban J connectivity index is 1.68. The molecule has 1 fully saturated rings. The Bertz CT molecular complexity index is 892. The van der Waals surface area contributed by atoms with E-state index in [-0.39, 0.29) is 5.54 Å². The van der Waals surface area contributed by atoms with E-state index in [9.17, 15) is 0 Å². The zero-order valence-electron chi connectivity index (χ0n) is 17.2. The van der Waals surface area contributed by atoms with Crippen LogP contribution in [0.3, 0.4) is 0 Å². The number of rotatable bonds is 3. The molecule has 1 saturated heterocycles. The predicted octanol–water partition coefficient (Wildman–Crippen LogP) is 6.05. The molecule has 0 bridgehead atoms. The number of hydrogen-bond donors (Lipinski definition) is 0. The molecular weight excluding hydrogens is 360 g/mol. The second kappa shape index (κ2) is 7.71. The van der Waals surface area contributed by atoms with Crippen LogP contribution in [0.25, 0.3) is 5.57 Å². The van der Waals surface area contributed by atoms with Crippen LogP contribution < -0.4 is 4.90 Å². The van der Waals surface area contributed by atoms with Gasteiger partial charge in [0.1, 0.15) is 4.99 Å². The summed E-state index contributed by atoms with van der Waals surface area (Å²) in [6.45, 7) is 9.92. The third-order valence-electron chi connectivity index (χ3n) is 6.05. The highest BCUT2D eigenvalue weighted by Gasteiger charge is 2.31. The van der Waals surface area contributed by atoms with Crippen LogP contribution in [0, 0.1) is 0 Å². The van der Waals surface area contributed by atoms with Gasteiger partial charge in [-0.3, -0.25) is 0 Å². The van der Waals surface area contributed by atoms with Gasteiger partial charge in [0, 0.05) is 36.4 Å². The van der Waals surface area contributed by atoms with Gasteiger partial charge in [0.05, 0.1) is 5.54 Å². The summed E-state index contributed by atoms with van der Waals surface area (Å²) in [6.07, 6.45) is 6.23. The van der Waals surface area contributed by atoms with E-state index < -0.39 is 0 Å². The van der Waals surface area contributed by atoms with Gasteiger partial charge < -0.3 is 9.80 Å². The molecule has 28 heavy (non-hydrogen) atoms. The van der Waals surface area contributed by atoms with E-state index in [4.69, 9.17) is 12.2 Å². The molecule has 3 heteroatoms. The van der Waals surface area contributed by atoms with Crippen LogP contribution >= 0.6 is 12.2 Å². The summed E-state index contributed by atoms with van der Waals surface area (Å²) < 4.78 is 0. The van der Waals surface area contributed by atoms with Crippen LogP contribution in [0.2, 0.25) is 0 Å². The second-order valence-corrected chi connectivity index (χ2v) is 9.02. The van der Waals surface area contributed by atoms with Crippen LogP contribution in [-0.4, -0.2) is 28.5 Å². The van der Waals surface area contributed by atoms with Crippen LogP contribution in [0.4, 0.5) is 5.69 Å². The van der Waals surface area contributed by atoms with E-state index in [0.29, 0.717) is 0 Å². The zero-order chi connectivity index (χ0) is 19.7. The lowest BCUT2D eigenvalue weighted by atomic mass is 9.87. The largest absolute Gasteiger partial charge is 0.362 e. The minimum absolute atomic E-state index is 0.0260. The maximum atomic E-state index is 5.86. The predicted molar refractivity (Wildman–Crippen MR) is 124 cm³/mol. The number of fused-ring (bicyclic) bond motifs is 1. The van der Waals surface area contributed by atoms with E-state index in [1.54, 1.807) is 0 Å². The number of likely N-dealkylation sites (tertiary alicyclic amines) is 1. The summed E-state index contributed by atoms with van der Waals surface area (Å²) >= 11 is 5.86. The van der Waals surface area contributed by atoms with Gasteiger partial charge in [-0.2, -0.15) is 0 Å². The van der Waals surface area contributed by atoms with Crippen molar-refractivity contribution in [2.24, 2.45) is 0 Å². The smallest absolute Gasteiger partial charge is 0.109 e. The van der Waals surface area contributed by atoms with Gasteiger partial charge in [0.25, 0.3) is 0 Å². The minimum Gasteiger partial charge on any atom is -0.362 e. The highest BCUT2D eigenvalue weighted by molar-refractivity contribution is 7.80. The third-order valence-corrected chi connectivity index (χ3v) is 6.55. The van der Waals surface area contributed by atoms with Crippen LogP contribution in [0.15, 0.2) is 54.6 Å². The number of allylic oxidation sites excluding steroid dienone is 1. The van der Waals surface area contributed by atoms with Crippen molar-refractivity contribution in [1.29, 1.82) is 0 Å². The van der Waals surface area contributed by atoms with Gasteiger partial charge in [-0.25, -0.2) is 0 Å². The van der Waals surface area contributed by atoms with E-state index >= 15 is 0 Å². The molecule has 0 unspecified atom stereocenters. The molecule has 2 nitrogen and oxygen atoms in total. The lowest BCUT2D eigenvalue weighted by Gasteiger charge is -2.43. The van der Waals surface area contributed by atoms with E-state index in [1.165, 1.54) is 47.2 Å². The molecule has 0 spiro atoms. The fraction of sp³-hybridized carbons (Fsp3) is 0.400. The normalized spacial score (nSPS) is 18.5. The van der Waals surface area contributed by atoms with Crippen molar-refractivity contribution in [3.63, 3.8) is 0 Å². The first-order valence-corrected chi connectivity index (χ1v) is 10.8. The lowest BCUT2D eigenvalue weighted by molar-refractivity contribution is 0.347. The number of nitrogens with zero attached hydrogens (tertiary/aromatic N) is 2. The average molecular weight is 391 g/mol. The van der Waals surface area contributed by atoms with Gasteiger partial charge in [-0.1, -0.05) is 48.6 Å². The van der Waals surface area contributed by atoms with Crippen molar-refractivity contribution in [3.05, 3.63) is 71.3 Å². The van der Waals surface area contributed by atoms with Crippen molar-refractivity contribution in [2.45, 2.75) is 52.1 Å². The number of piperidine rings is 1. The first kappa shape index (κ1) is 19.2. The number of anilines is 1. The maximum Gasteiger partial charge on any atom is 0.109 e. The molecule has 2 heterocycles. The quantitative estimate of drug-likeness (QED) is 0.589. The topological polar surface area (TPSA) is 6.48 Å². The molecule has 0 aromatic heterocycles. The molecule has 2 aliphatic rings. The summed E-state index contributed by atoms with van der Waals surface area (Å²) in [5.74, 6) is 0. The van der Waals surface area contributed by atoms with Gasteiger partial charge >= 0.3 is 0 Å². The van der Waals surface area contributed by atoms with E-state index in [2.05, 4.69) is 85.2 Å². The Morgan fingerprint density at radius 1 is 1.00 bits per heavy atom. The number of hydrogen-bond acceptors (Lipinski definition) is 2. The van der Waals surface area contributed by atoms with Gasteiger partial charge in [-0.15, -0.1) is 0 Å². The van der Waals surface area contributed by atoms with Crippen LogP contribution in [0.1, 0.15) is 56.7 Å². The monoisotopic (exact) mass is 390 g/mol. The molecule has 0 N–H and O–H groups in total. The molecule has 0 aliphatic carbocycles. The van der Waals surface area contributed by atoms with Gasteiger partial charge in [-0.05, 0) is 69.4 Å². The molecule has 0 atom stereocenters. The Morgan fingerprint density at radius 3 is 2.43 bits per heavy atom. The second-order valence-electron chi connectivity index (χ2n) is 8.64. The van der Waals surface area contributed by atoms with Crippen molar-refractivity contribution < 1.29 is 0 Å². The fourth-order valence-corrected chi connectivity index (χ4v) is 4.86. The minimum atomic E-state index is -0.0260. The number of benzene rings is 2. The molecular formula is C25H30N2S. The molecule has 0 amide bonds. The van der Waals surface area contributed by atoms with E-state index in [0.717, 1.165) is 24.6 Å². The van der Waals surface area contributed by atoms with Crippen molar-refractivity contribution in [1.82, 2.24) is 4.90 Å². The molecule has 146 valence electrons. The SMILES string of the molecule is CC1=CC(C)(C)N(Cc2ccccc2)c2ccc(C(=S)N3CCCCC3)cc21. The standard InChI is InChI=1S/C25H30N2S/c1-19-17-25(2,3)27(18-20-10-6-4-7-11-20)23-13-12-21(16-22(19)23)24(28)26-14-8-5-9-15-26/h4,6-7,10-13,16-17H,5,8-9,14-15,18H2,1-3H3. The molecule has 0 saturated carbocycles. The highest BCUT2D eigenvalue weighted by Crippen LogP contribution is 2.40.